The molecule has 0 saturated carbocycles. The first-order valence-corrected chi connectivity index (χ1v) is 10.3. The fraction of sp³-hybridized carbons (Fsp3) is 0.375. The Labute approximate surface area is 172 Å². The van der Waals surface area contributed by atoms with Crippen LogP contribution in [0.15, 0.2) is 60.8 Å². The molecule has 5 heteroatoms. The first kappa shape index (κ1) is 19.5. The molecule has 1 fully saturated rings. The highest BCUT2D eigenvalue weighted by Gasteiger charge is 2.26. The number of benzene rings is 2. The van der Waals surface area contributed by atoms with Crippen LogP contribution in [0.2, 0.25) is 0 Å². The van der Waals surface area contributed by atoms with E-state index in [2.05, 4.69) is 64.2 Å². The highest BCUT2D eigenvalue weighted by atomic mass is 16.6. The fourth-order valence-corrected chi connectivity index (χ4v) is 3.83. The third kappa shape index (κ3) is 4.46. The lowest BCUT2D eigenvalue weighted by molar-refractivity contribution is 0.0139. The summed E-state index contributed by atoms with van der Waals surface area (Å²) in [6.45, 7) is 9.70. The number of rotatable bonds is 3. The molecule has 1 aromatic heterocycles. The quantitative estimate of drug-likeness (QED) is 0.650. The second-order valence-corrected chi connectivity index (χ2v) is 8.62. The van der Waals surface area contributed by atoms with Crippen molar-refractivity contribution in [2.24, 2.45) is 0 Å². The van der Waals surface area contributed by atoms with E-state index < -0.39 is 5.60 Å². The zero-order valence-electron chi connectivity index (χ0n) is 17.5. The summed E-state index contributed by atoms with van der Waals surface area (Å²) in [5.41, 5.74) is 3.26. The number of piperazine rings is 1. The monoisotopic (exact) mass is 391 g/mol. The molecule has 2 heterocycles. The lowest BCUT2D eigenvalue weighted by atomic mass is 10.1. The van der Waals surface area contributed by atoms with Gasteiger partial charge in [0.05, 0.1) is 5.52 Å². The van der Waals surface area contributed by atoms with Crippen LogP contribution >= 0.6 is 0 Å². The number of carbonyl (C=O) groups is 1. The van der Waals surface area contributed by atoms with Gasteiger partial charge in [0, 0.05) is 50.0 Å². The predicted molar refractivity (Wildman–Crippen MR) is 116 cm³/mol. The zero-order valence-corrected chi connectivity index (χ0v) is 17.5. The van der Waals surface area contributed by atoms with Crippen LogP contribution in [0.5, 0.6) is 0 Å². The summed E-state index contributed by atoms with van der Waals surface area (Å²) in [6.07, 6.45) is 2.04. The van der Waals surface area contributed by atoms with E-state index in [9.17, 15) is 4.79 Å². The number of nitrogens with zero attached hydrogens (tertiary/aromatic N) is 3. The average Bonchev–Trinajstić information content (AvgIpc) is 3.07. The second-order valence-electron chi connectivity index (χ2n) is 8.62. The van der Waals surface area contributed by atoms with Gasteiger partial charge in [-0.3, -0.25) is 4.90 Å². The molecule has 0 aliphatic carbocycles. The third-order valence-corrected chi connectivity index (χ3v) is 5.25. The molecule has 1 aliphatic heterocycles. The van der Waals surface area contributed by atoms with Gasteiger partial charge in [-0.1, -0.05) is 36.4 Å². The van der Waals surface area contributed by atoms with E-state index in [0.29, 0.717) is 13.1 Å². The first-order valence-electron chi connectivity index (χ1n) is 10.3. The molecule has 0 bridgehead atoms. The Morgan fingerprint density at radius 2 is 1.59 bits per heavy atom. The number of hydrogen-bond acceptors (Lipinski definition) is 3. The van der Waals surface area contributed by atoms with E-state index >= 15 is 0 Å². The summed E-state index contributed by atoms with van der Waals surface area (Å²) in [7, 11) is 0. The van der Waals surface area contributed by atoms with Crippen LogP contribution in [-0.2, 0) is 11.3 Å². The van der Waals surface area contributed by atoms with Crippen LogP contribution in [0.4, 0.5) is 4.79 Å². The Hall–Kier alpha value is -2.79. The molecular formula is C24H29N3O2. The fourth-order valence-electron chi connectivity index (χ4n) is 3.83. The van der Waals surface area contributed by atoms with Crippen molar-refractivity contribution in [1.29, 1.82) is 0 Å². The minimum absolute atomic E-state index is 0.210. The molecule has 0 radical (unpaired) electrons. The summed E-state index contributed by atoms with van der Waals surface area (Å²) >= 11 is 0. The maximum absolute atomic E-state index is 12.3. The van der Waals surface area contributed by atoms with Crippen LogP contribution in [0.3, 0.4) is 0 Å². The van der Waals surface area contributed by atoms with Crippen molar-refractivity contribution < 1.29 is 9.53 Å². The van der Waals surface area contributed by atoms with Gasteiger partial charge in [-0.15, -0.1) is 0 Å². The van der Waals surface area contributed by atoms with Crippen molar-refractivity contribution in [1.82, 2.24) is 14.4 Å². The molecule has 4 rings (SSSR count). The van der Waals surface area contributed by atoms with Crippen molar-refractivity contribution in [3.8, 4) is 5.69 Å². The Balaban J connectivity index is 1.48. The molecule has 1 saturated heterocycles. The highest BCUT2D eigenvalue weighted by Crippen LogP contribution is 2.26. The van der Waals surface area contributed by atoms with E-state index in [1.807, 2.05) is 31.7 Å². The number of para-hydroxylation sites is 2. The predicted octanol–water partition coefficient (Wildman–Crippen LogP) is 4.68. The van der Waals surface area contributed by atoms with Crippen LogP contribution in [-0.4, -0.2) is 52.2 Å². The SMILES string of the molecule is CC(C)(C)OC(=O)N1CCN(Cc2cn(-c3ccccc3)c3ccccc23)CC1. The molecule has 5 nitrogen and oxygen atoms in total. The van der Waals surface area contributed by atoms with Crippen molar-refractivity contribution in [3.05, 3.63) is 66.4 Å². The molecule has 3 aromatic rings. The van der Waals surface area contributed by atoms with Crippen LogP contribution < -0.4 is 0 Å². The van der Waals surface area contributed by atoms with Gasteiger partial charge < -0.3 is 14.2 Å². The highest BCUT2D eigenvalue weighted by molar-refractivity contribution is 5.85. The zero-order chi connectivity index (χ0) is 20.4. The third-order valence-electron chi connectivity index (χ3n) is 5.25. The van der Waals surface area contributed by atoms with Gasteiger partial charge in [0.1, 0.15) is 5.60 Å². The molecule has 0 N–H and O–H groups in total. The van der Waals surface area contributed by atoms with Gasteiger partial charge >= 0.3 is 6.09 Å². The molecule has 0 spiro atoms. The summed E-state index contributed by atoms with van der Waals surface area (Å²) in [6, 6.07) is 19.0. The van der Waals surface area contributed by atoms with Gasteiger partial charge in [-0.05, 0) is 44.5 Å². The number of fused-ring (bicyclic) bond motifs is 1. The Kier molecular flexibility index (Phi) is 5.33. The topological polar surface area (TPSA) is 37.7 Å². The summed E-state index contributed by atoms with van der Waals surface area (Å²) in [5.74, 6) is 0. The summed E-state index contributed by atoms with van der Waals surface area (Å²) in [4.78, 5) is 16.5. The van der Waals surface area contributed by atoms with E-state index in [1.165, 1.54) is 22.2 Å². The van der Waals surface area contributed by atoms with Gasteiger partial charge in [0.25, 0.3) is 0 Å². The van der Waals surface area contributed by atoms with E-state index in [4.69, 9.17) is 4.74 Å². The van der Waals surface area contributed by atoms with E-state index in [1.54, 1.807) is 0 Å². The molecule has 0 unspecified atom stereocenters. The lowest BCUT2D eigenvalue weighted by Gasteiger charge is -2.35. The van der Waals surface area contributed by atoms with Gasteiger partial charge in [-0.2, -0.15) is 0 Å². The number of aromatic nitrogens is 1. The maximum atomic E-state index is 12.3. The second kappa shape index (κ2) is 7.91. The molecule has 1 amide bonds. The van der Waals surface area contributed by atoms with Gasteiger partial charge in [0.15, 0.2) is 0 Å². The van der Waals surface area contributed by atoms with E-state index in [0.717, 1.165) is 19.6 Å². The van der Waals surface area contributed by atoms with Gasteiger partial charge in [0.2, 0.25) is 0 Å². The number of carbonyl (C=O) groups excluding carboxylic acids is 1. The molecule has 152 valence electrons. The minimum Gasteiger partial charge on any atom is -0.444 e. The lowest BCUT2D eigenvalue weighted by Crippen LogP contribution is -2.49. The van der Waals surface area contributed by atoms with Crippen LogP contribution in [0.25, 0.3) is 16.6 Å². The van der Waals surface area contributed by atoms with Crippen molar-refractivity contribution in [2.75, 3.05) is 26.2 Å². The number of amides is 1. The molecule has 29 heavy (non-hydrogen) atoms. The Morgan fingerprint density at radius 3 is 2.28 bits per heavy atom. The molecule has 0 atom stereocenters. The molecule has 2 aromatic carbocycles. The van der Waals surface area contributed by atoms with Crippen molar-refractivity contribution >= 4 is 17.0 Å². The molecule has 1 aliphatic rings. The maximum Gasteiger partial charge on any atom is 0.410 e. The largest absolute Gasteiger partial charge is 0.444 e. The Morgan fingerprint density at radius 1 is 0.931 bits per heavy atom. The number of ether oxygens (including phenoxy) is 1. The van der Waals surface area contributed by atoms with Crippen molar-refractivity contribution in [2.45, 2.75) is 32.9 Å². The Bertz CT molecular complexity index is 980. The van der Waals surface area contributed by atoms with Crippen molar-refractivity contribution in [3.63, 3.8) is 0 Å². The molecular weight excluding hydrogens is 362 g/mol. The summed E-state index contributed by atoms with van der Waals surface area (Å²) in [5, 5.41) is 1.28. The number of hydrogen-bond donors (Lipinski definition) is 0. The minimum atomic E-state index is -0.451. The standard InChI is InChI=1S/C24H29N3O2/c1-24(2,3)29-23(28)26-15-13-25(14-16-26)17-19-18-27(20-9-5-4-6-10-20)22-12-8-7-11-21(19)22/h4-12,18H,13-17H2,1-3H3. The smallest absolute Gasteiger partial charge is 0.410 e. The average molecular weight is 392 g/mol. The van der Waals surface area contributed by atoms with Crippen LogP contribution in [0, 0.1) is 0 Å². The first-order chi connectivity index (χ1) is 13.9. The van der Waals surface area contributed by atoms with Crippen LogP contribution in [0.1, 0.15) is 26.3 Å². The van der Waals surface area contributed by atoms with E-state index in [-0.39, 0.29) is 6.09 Å². The normalized spacial score (nSPS) is 15.6. The van der Waals surface area contributed by atoms with Gasteiger partial charge in [-0.25, -0.2) is 4.79 Å². The summed E-state index contributed by atoms with van der Waals surface area (Å²) < 4.78 is 7.77.